The van der Waals surface area contributed by atoms with Crippen molar-refractivity contribution in [1.82, 2.24) is 15.5 Å². The molecule has 4 rings (SSSR count). The van der Waals surface area contributed by atoms with Crippen LogP contribution in [-0.2, 0) is 27.4 Å². The van der Waals surface area contributed by atoms with Gasteiger partial charge >= 0.3 is 12.2 Å². The van der Waals surface area contributed by atoms with Gasteiger partial charge in [-0.05, 0) is 50.3 Å². The lowest BCUT2D eigenvalue weighted by Gasteiger charge is -2.50. The average molecular weight is 558 g/mol. The van der Waals surface area contributed by atoms with Crippen LogP contribution in [0.5, 0.6) is 0 Å². The first-order valence-electron chi connectivity index (χ1n) is 14.0. The van der Waals surface area contributed by atoms with E-state index in [4.69, 9.17) is 9.47 Å². The zero-order valence-electron chi connectivity index (χ0n) is 23.9. The fraction of sp³-hybridized carbons (Fsp3) is 0.364. The molecule has 0 unspecified atom stereocenters. The number of nitrogens with zero attached hydrogens (tertiary/aromatic N) is 1. The number of carbonyl (C=O) groups is 3. The third-order valence-electron chi connectivity index (χ3n) is 6.89. The van der Waals surface area contributed by atoms with Crippen molar-refractivity contribution < 1.29 is 23.9 Å². The molecule has 0 radical (unpaired) electrons. The zero-order valence-corrected chi connectivity index (χ0v) is 23.9. The molecule has 0 aromatic heterocycles. The summed E-state index contributed by atoms with van der Waals surface area (Å²) in [6.07, 6.45) is -0.0811. The van der Waals surface area contributed by atoms with Crippen LogP contribution in [0.15, 0.2) is 91.0 Å². The van der Waals surface area contributed by atoms with E-state index in [1.165, 1.54) is 0 Å². The maximum atomic E-state index is 13.7. The van der Waals surface area contributed by atoms with Crippen molar-refractivity contribution in [3.8, 4) is 0 Å². The number of benzene rings is 3. The highest BCUT2D eigenvalue weighted by Crippen LogP contribution is 2.44. The molecule has 0 saturated carbocycles. The Bertz CT molecular complexity index is 1280. The minimum atomic E-state index is -0.680. The summed E-state index contributed by atoms with van der Waals surface area (Å²) in [5.74, 6) is -0.502. The number of ether oxygens (including phenoxy) is 2. The maximum Gasteiger partial charge on any atom is 0.407 e. The number of likely N-dealkylation sites (tertiary alicyclic amines) is 1. The van der Waals surface area contributed by atoms with Crippen LogP contribution >= 0.6 is 0 Å². The van der Waals surface area contributed by atoms with Gasteiger partial charge < -0.3 is 25.0 Å². The van der Waals surface area contributed by atoms with E-state index >= 15 is 0 Å². The SMILES string of the molecule is CC(C)(C)OC(=O)N[C@@H](CCCNC(=O)OCc1ccccc1)[C@@H]1C(=O)N(Cc2ccccc2)[C@H]1c1ccccc1. The van der Waals surface area contributed by atoms with E-state index < -0.39 is 29.7 Å². The first kappa shape index (κ1) is 29.6. The molecule has 1 heterocycles. The second-order valence-corrected chi connectivity index (χ2v) is 11.2. The molecule has 2 N–H and O–H groups in total. The molecule has 1 fully saturated rings. The molecule has 8 heteroatoms. The fourth-order valence-electron chi connectivity index (χ4n) is 5.05. The van der Waals surface area contributed by atoms with Crippen molar-refractivity contribution in [3.63, 3.8) is 0 Å². The predicted molar refractivity (Wildman–Crippen MR) is 157 cm³/mol. The molecule has 0 aliphatic carbocycles. The highest BCUT2D eigenvalue weighted by molar-refractivity contribution is 5.88. The first-order chi connectivity index (χ1) is 19.7. The van der Waals surface area contributed by atoms with E-state index in [1.54, 1.807) is 20.8 Å². The minimum Gasteiger partial charge on any atom is -0.445 e. The summed E-state index contributed by atoms with van der Waals surface area (Å²) in [5.41, 5.74) is 2.27. The smallest absolute Gasteiger partial charge is 0.407 e. The molecule has 41 heavy (non-hydrogen) atoms. The van der Waals surface area contributed by atoms with Crippen LogP contribution in [0.4, 0.5) is 9.59 Å². The van der Waals surface area contributed by atoms with Crippen LogP contribution in [0.25, 0.3) is 0 Å². The second-order valence-electron chi connectivity index (χ2n) is 11.2. The second kappa shape index (κ2) is 13.8. The lowest BCUT2D eigenvalue weighted by Crippen LogP contribution is -2.62. The zero-order chi connectivity index (χ0) is 29.2. The van der Waals surface area contributed by atoms with Crippen molar-refractivity contribution in [1.29, 1.82) is 0 Å². The van der Waals surface area contributed by atoms with Crippen LogP contribution in [0.2, 0.25) is 0 Å². The summed E-state index contributed by atoms with van der Waals surface area (Å²) in [6.45, 7) is 6.40. The number of carbonyl (C=O) groups excluding carboxylic acids is 3. The molecule has 3 atom stereocenters. The number of alkyl carbamates (subject to hydrolysis) is 2. The number of hydrogen-bond acceptors (Lipinski definition) is 5. The highest BCUT2D eigenvalue weighted by Gasteiger charge is 2.52. The van der Waals surface area contributed by atoms with Gasteiger partial charge in [-0.25, -0.2) is 9.59 Å². The fourth-order valence-corrected chi connectivity index (χ4v) is 5.05. The number of amides is 3. The summed E-state index contributed by atoms with van der Waals surface area (Å²) >= 11 is 0. The molecule has 0 spiro atoms. The predicted octanol–water partition coefficient (Wildman–Crippen LogP) is 5.99. The average Bonchev–Trinajstić information content (AvgIpc) is 2.95. The Balaban J connectivity index is 1.44. The maximum absolute atomic E-state index is 13.7. The number of rotatable bonds is 11. The van der Waals surface area contributed by atoms with Crippen molar-refractivity contribution in [2.75, 3.05) is 6.54 Å². The molecule has 216 valence electrons. The molecule has 1 saturated heterocycles. The molecule has 3 aromatic carbocycles. The largest absolute Gasteiger partial charge is 0.445 e. The quantitative estimate of drug-likeness (QED) is 0.223. The van der Waals surface area contributed by atoms with Crippen molar-refractivity contribution >= 4 is 18.1 Å². The van der Waals surface area contributed by atoms with Gasteiger partial charge in [0.1, 0.15) is 12.2 Å². The van der Waals surface area contributed by atoms with Crippen LogP contribution in [0.3, 0.4) is 0 Å². The van der Waals surface area contributed by atoms with E-state index in [2.05, 4.69) is 10.6 Å². The Hall–Kier alpha value is -4.33. The van der Waals surface area contributed by atoms with Gasteiger partial charge in [0.2, 0.25) is 5.91 Å². The third-order valence-corrected chi connectivity index (χ3v) is 6.89. The normalized spacial score (nSPS) is 17.2. The van der Waals surface area contributed by atoms with E-state index in [0.717, 1.165) is 16.7 Å². The Labute approximate surface area is 242 Å². The third kappa shape index (κ3) is 8.58. The summed E-state index contributed by atoms with van der Waals surface area (Å²) in [7, 11) is 0. The van der Waals surface area contributed by atoms with Gasteiger partial charge in [0.05, 0.1) is 12.0 Å². The van der Waals surface area contributed by atoms with Crippen molar-refractivity contribution in [3.05, 3.63) is 108 Å². The van der Waals surface area contributed by atoms with E-state index in [0.29, 0.717) is 25.9 Å². The minimum absolute atomic E-state index is 0.0287. The topological polar surface area (TPSA) is 97.0 Å². The van der Waals surface area contributed by atoms with Crippen LogP contribution in [0.1, 0.15) is 56.3 Å². The van der Waals surface area contributed by atoms with Gasteiger partial charge in [-0.2, -0.15) is 0 Å². The van der Waals surface area contributed by atoms with E-state index in [9.17, 15) is 14.4 Å². The lowest BCUT2D eigenvalue weighted by atomic mass is 9.76. The van der Waals surface area contributed by atoms with E-state index in [-0.39, 0.29) is 18.6 Å². The van der Waals surface area contributed by atoms with Gasteiger partial charge in [-0.15, -0.1) is 0 Å². The van der Waals surface area contributed by atoms with Crippen molar-refractivity contribution in [2.24, 2.45) is 5.92 Å². The Morgan fingerprint density at radius 2 is 1.44 bits per heavy atom. The van der Waals surface area contributed by atoms with Gasteiger partial charge in [0, 0.05) is 19.1 Å². The van der Waals surface area contributed by atoms with Crippen LogP contribution in [0, 0.1) is 5.92 Å². The summed E-state index contributed by atoms with van der Waals surface area (Å²) < 4.78 is 10.8. The van der Waals surface area contributed by atoms with Gasteiger partial charge in [-0.1, -0.05) is 91.0 Å². The van der Waals surface area contributed by atoms with Crippen molar-refractivity contribution in [2.45, 2.75) is 64.4 Å². The van der Waals surface area contributed by atoms with E-state index in [1.807, 2.05) is 95.9 Å². The Morgan fingerprint density at radius 1 is 0.854 bits per heavy atom. The lowest BCUT2D eigenvalue weighted by molar-refractivity contribution is -0.160. The summed E-state index contributed by atoms with van der Waals surface area (Å²) in [6, 6.07) is 28.5. The summed E-state index contributed by atoms with van der Waals surface area (Å²) in [4.78, 5) is 40.6. The number of nitrogens with one attached hydrogen (secondary N) is 2. The Morgan fingerprint density at radius 3 is 2.05 bits per heavy atom. The summed E-state index contributed by atoms with van der Waals surface area (Å²) in [5, 5.41) is 5.74. The molecule has 1 aliphatic heterocycles. The number of hydrogen-bond donors (Lipinski definition) is 2. The molecule has 3 aromatic rings. The van der Waals surface area contributed by atoms with Gasteiger partial charge in [0.15, 0.2) is 0 Å². The van der Waals surface area contributed by atoms with Crippen LogP contribution in [-0.4, -0.2) is 41.2 Å². The molecule has 1 aliphatic rings. The van der Waals surface area contributed by atoms with Gasteiger partial charge in [-0.3, -0.25) is 4.79 Å². The van der Waals surface area contributed by atoms with Gasteiger partial charge in [0.25, 0.3) is 0 Å². The first-order valence-corrected chi connectivity index (χ1v) is 14.0. The standard InChI is InChI=1S/C33H39N3O5/c1-33(2,3)41-32(39)35-27(20-13-21-34-31(38)40-23-25-16-9-5-10-17-25)28-29(26-18-11-6-12-19-26)36(30(28)37)22-24-14-7-4-8-15-24/h4-12,14-19,27-29H,13,20-23H2,1-3H3,(H,34,38)(H,35,39)/t27-,28-,29-/m0/s1. The molecular formula is C33H39N3O5. The molecule has 8 nitrogen and oxygen atoms in total. The number of β-lactam (4-membered cyclic amide) rings is 1. The monoisotopic (exact) mass is 557 g/mol. The molecular weight excluding hydrogens is 518 g/mol. The van der Waals surface area contributed by atoms with Crippen LogP contribution < -0.4 is 10.6 Å². The highest BCUT2D eigenvalue weighted by atomic mass is 16.6. The molecule has 0 bridgehead atoms. The Kier molecular flexibility index (Phi) is 10.0. The molecule has 3 amide bonds.